The summed E-state index contributed by atoms with van der Waals surface area (Å²) in [5.74, 6) is 2.67. The van der Waals surface area contributed by atoms with Gasteiger partial charge in [0.1, 0.15) is 29.7 Å². The zero-order valence-electron chi connectivity index (χ0n) is 26.1. The second kappa shape index (κ2) is 10.5. The van der Waals surface area contributed by atoms with Gasteiger partial charge in [0.05, 0.1) is 5.41 Å². The number of nitrogens with zero attached hydrogens (tertiary/aromatic N) is 1. The highest BCUT2D eigenvalue weighted by molar-refractivity contribution is 6.10. The number of hydrogen-bond acceptors (Lipinski definition) is 4. The maximum Gasteiger partial charge on any atom is 0.132 e. The molecular formula is C44H31N3O. The van der Waals surface area contributed by atoms with E-state index in [0.717, 1.165) is 39.6 Å². The summed E-state index contributed by atoms with van der Waals surface area (Å²) in [5, 5.41) is 10.2. The van der Waals surface area contributed by atoms with Gasteiger partial charge in [0.15, 0.2) is 0 Å². The van der Waals surface area contributed by atoms with Crippen LogP contribution in [0.5, 0.6) is 11.5 Å². The number of aliphatic imine (C=N–C) groups is 1. The summed E-state index contributed by atoms with van der Waals surface area (Å²) in [4.78, 5) is 5.31. The van der Waals surface area contributed by atoms with Gasteiger partial charge in [-0.25, -0.2) is 4.99 Å². The molecule has 10 rings (SSSR count). The Labute approximate surface area is 279 Å². The molecule has 2 unspecified atom stereocenters. The van der Waals surface area contributed by atoms with Crippen molar-refractivity contribution < 1.29 is 4.74 Å². The van der Waals surface area contributed by atoms with Gasteiger partial charge < -0.3 is 10.1 Å². The largest absolute Gasteiger partial charge is 0.457 e. The first kappa shape index (κ1) is 27.2. The van der Waals surface area contributed by atoms with E-state index >= 15 is 0 Å². The lowest BCUT2D eigenvalue weighted by atomic mass is 9.66. The van der Waals surface area contributed by atoms with Gasteiger partial charge in [-0.3, -0.25) is 5.32 Å². The Balaban J connectivity index is 1.21. The van der Waals surface area contributed by atoms with E-state index < -0.39 is 5.41 Å². The summed E-state index contributed by atoms with van der Waals surface area (Å²) in [5.41, 5.74) is 10.2. The average Bonchev–Trinajstić information content (AvgIpc) is 3.46. The summed E-state index contributed by atoms with van der Waals surface area (Å²) in [6.45, 7) is 0. The van der Waals surface area contributed by atoms with Crippen LogP contribution in [-0.2, 0) is 5.41 Å². The third kappa shape index (κ3) is 3.84. The summed E-state index contributed by atoms with van der Waals surface area (Å²) >= 11 is 0. The van der Waals surface area contributed by atoms with Crippen LogP contribution in [0.1, 0.15) is 51.3 Å². The lowest BCUT2D eigenvalue weighted by molar-refractivity contribution is 0.409. The van der Waals surface area contributed by atoms with Crippen molar-refractivity contribution in [3.8, 4) is 22.6 Å². The fourth-order valence-corrected chi connectivity index (χ4v) is 8.26. The Morgan fingerprint density at radius 3 is 1.94 bits per heavy atom. The summed E-state index contributed by atoms with van der Waals surface area (Å²) in [6, 6.07) is 58.3. The number of fused-ring (bicyclic) bond motifs is 10. The van der Waals surface area contributed by atoms with Crippen LogP contribution in [0.3, 0.4) is 0 Å². The highest BCUT2D eigenvalue weighted by Gasteiger charge is 2.51. The molecule has 228 valence electrons. The molecule has 4 heteroatoms. The molecular weight excluding hydrogens is 587 g/mol. The summed E-state index contributed by atoms with van der Waals surface area (Å²) in [7, 11) is 0. The standard InChI is InChI=1S/C44H31N3O/c1-2-15-29(16-3-1)41-45-42(31-20-12-17-28-14-4-5-18-30(28)31)47-43(46-41)33-21-13-25-37-40(33)32-19-6-7-22-34(32)44(37)35-23-8-10-26-38(35)48-39-27-11-9-24-36(39)44/h1-27,41,43,46H,(H,45,47). The fourth-order valence-electron chi connectivity index (χ4n) is 8.26. The number of hydrogen-bond donors (Lipinski definition) is 2. The van der Waals surface area contributed by atoms with Gasteiger partial charge in [0, 0.05) is 16.7 Å². The maximum absolute atomic E-state index is 6.56. The van der Waals surface area contributed by atoms with Gasteiger partial charge in [-0.15, -0.1) is 0 Å². The van der Waals surface area contributed by atoms with Crippen LogP contribution >= 0.6 is 0 Å². The molecule has 0 amide bonds. The number of nitrogens with one attached hydrogen (secondary N) is 2. The molecule has 7 aromatic carbocycles. The van der Waals surface area contributed by atoms with Gasteiger partial charge in [-0.2, -0.15) is 0 Å². The zero-order chi connectivity index (χ0) is 31.7. The van der Waals surface area contributed by atoms with Gasteiger partial charge in [0.25, 0.3) is 0 Å². The first-order valence-electron chi connectivity index (χ1n) is 16.5. The van der Waals surface area contributed by atoms with E-state index in [2.05, 4.69) is 174 Å². The van der Waals surface area contributed by atoms with Crippen molar-refractivity contribution in [3.05, 3.63) is 203 Å². The predicted molar refractivity (Wildman–Crippen MR) is 193 cm³/mol. The first-order chi connectivity index (χ1) is 23.8. The Morgan fingerprint density at radius 2 is 1.12 bits per heavy atom. The molecule has 0 fully saturated rings. The Kier molecular flexibility index (Phi) is 5.96. The highest BCUT2D eigenvalue weighted by atomic mass is 16.5. The van der Waals surface area contributed by atoms with E-state index in [1.165, 1.54) is 38.6 Å². The van der Waals surface area contributed by atoms with Crippen molar-refractivity contribution in [3.63, 3.8) is 0 Å². The molecule has 3 aliphatic rings. The van der Waals surface area contributed by atoms with E-state index in [1.54, 1.807) is 0 Å². The molecule has 0 saturated heterocycles. The molecule has 2 aliphatic heterocycles. The molecule has 0 bridgehead atoms. The molecule has 4 nitrogen and oxygen atoms in total. The molecule has 2 heterocycles. The van der Waals surface area contributed by atoms with Crippen molar-refractivity contribution in [1.82, 2.24) is 10.6 Å². The molecule has 2 N–H and O–H groups in total. The third-order valence-electron chi connectivity index (χ3n) is 10.2. The highest BCUT2D eigenvalue weighted by Crippen LogP contribution is 2.62. The minimum atomic E-state index is -0.520. The lowest BCUT2D eigenvalue weighted by Crippen LogP contribution is -2.45. The Hall–Kier alpha value is -5.97. The minimum Gasteiger partial charge on any atom is -0.457 e. The van der Waals surface area contributed by atoms with Crippen LogP contribution in [0.25, 0.3) is 21.9 Å². The molecule has 1 aliphatic carbocycles. The number of ether oxygens (including phenoxy) is 1. The Bertz CT molecular complexity index is 2360. The summed E-state index contributed by atoms with van der Waals surface area (Å²) in [6.07, 6.45) is -0.456. The van der Waals surface area contributed by atoms with Crippen LogP contribution in [0, 0.1) is 0 Å². The average molecular weight is 618 g/mol. The number of rotatable bonds is 3. The van der Waals surface area contributed by atoms with Gasteiger partial charge in [-0.1, -0.05) is 152 Å². The smallest absolute Gasteiger partial charge is 0.132 e. The lowest BCUT2D eigenvalue weighted by Gasteiger charge is -2.39. The number of para-hydroxylation sites is 2. The van der Waals surface area contributed by atoms with Crippen molar-refractivity contribution in [2.45, 2.75) is 17.7 Å². The van der Waals surface area contributed by atoms with Gasteiger partial charge in [0.2, 0.25) is 0 Å². The Morgan fingerprint density at radius 1 is 0.521 bits per heavy atom. The van der Waals surface area contributed by atoms with Crippen molar-refractivity contribution in [2.24, 2.45) is 4.99 Å². The minimum absolute atomic E-state index is 0.217. The second-order valence-corrected chi connectivity index (χ2v) is 12.7. The monoisotopic (exact) mass is 617 g/mol. The molecule has 7 aromatic rings. The van der Waals surface area contributed by atoms with Crippen LogP contribution in [0.2, 0.25) is 0 Å². The SMILES string of the molecule is c1ccc(C2N=C(c3cccc4ccccc34)NC(c3cccc4c3-c3ccccc3C43c4ccccc4Oc4ccccc43)N2)cc1. The zero-order valence-corrected chi connectivity index (χ0v) is 26.1. The van der Waals surface area contributed by atoms with Crippen molar-refractivity contribution in [1.29, 1.82) is 0 Å². The fraction of sp³-hybridized carbons (Fsp3) is 0.0682. The molecule has 0 aromatic heterocycles. The van der Waals surface area contributed by atoms with Crippen LogP contribution in [0.15, 0.2) is 169 Å². The summed E-state index contributed by atoms with van der Waals surface area (Å²) < 4.78 is 6.56. The normalized spacial score (nSPS) is 18.1. The maximum atomic E-state index is 6.56. The van der Waals surface area contributed by atoms with Crippen LogP contribution < -0.4 is 15.4 Å². The van der Waals surface area contributed by atoms with E-state index in [1.807, 2.05) is 0 Å². The molecule has 48 heavy (non-hydrogen) atoms. The number of benzene rings is 7. The predicted octanol–water partition coefficient (Wildman–Crippen LogP) is 9.65. The molecule has 2 atom stereocenters. The van der Waals surface area contributed by atoms with Gasteiger partial charge >= 0.3 is 0 Å². The van der Waals surface area contributed by atoms with Crippen LogP contribution in [0.4, 0.5) is 0 Å². The van der Waals surface area contributed by atoms with E-state index in [0.29, 0.717) is 0 Å². The van der Waals surface area contributed by atoms with E-state index in [4.69, 9.17) is 9.73 Å². The topological polar surface area (TPSA) is 45.7 Å². The molecule has 1 spiro atoms. The van der Waals surface area contributed by atoms with Crippen LogP contribution in [-0.4, -0.2) is 5.84 Å². The molecule has 0 saturated carbocycles. The second-order valence-electron chi connectivity index (χ2n) is 12.7. The number of amidine groups is 1. The van der Waals surface area contributed by atoms with Gasteiger partial charge in [-0.05, 0) is 56.3 Å². The van der Waals surface area contributed by atoms with E-state index in [-0.39, 0.29) is 12.3 Å². The first-order valence-corrected chi connectivity index (χ1v) is 16.5. The van der Waals surface area contributed by atoms with E-state index in [9.17, 15) is 0 Å². The van der Waals surface area contributed by atoms with Crippen molar-refractivity contribution in [2.75, 3.05) is 0 Å². The quantitative estimate of drug-likeness (QED) is 0.208. The van der Waals surface area contributed by atoms with Crippen molar-refractivity contribution >= 4 is 16.6 Å². The molecule has 0 radical (unpaired) electrons. The third-order valence-corrected chi connectivity index (χ3v) is 10.2.